The molecule has 0 aromatic carbocycles. The molecular weight excluding hydrogens is 282 g/mol. The van der Waals surface area contributed by atoms with Crippen LogP contribution in [0.2, 0.25) is 0 Å². The van der Waals surface area contributed by atoms with Gasteiger partial charge in [0, 0.05) is 30.2 Å². The summed E-state index contributed by atoms with van der Waals surface area (Å²) in [4.78, 5) is 25.4. The van der Waals surface area contributed by atoms with E-state index >= 15 is 0 Å². The maximum Gasteiger partial charge on any atom is 0.328 e. The minimum atomic E-state index is -1.01. The molecule has 0 saturated carbocycles. The Hall–Kier alpha value is -1.27. The van der Waals surface area contributed by atoms with E-state index in [9.17, 15) is 9.59 Å². The van der Waals surface area contributed by atoms with E-state index in [4.69, 9.17) is 5.11 Å². The first-order chi connectivity index (χ1) is 9.08. The van der Waals surface area contributed by atoms with Crippen molar-refractivity contribution in [2.75, 3.05) is 18.8 Å². The molecule has 1 fully saturated rings. The van der Waals surface area contributed by atoms with Gasteiger partial charge in [0.25, 0.3) is 5.91 Å². The van der Waals surface area contributed by atoms with E-state index in [2.05, 4.69) is 6.92 Å². The van der Waals surface area contributed by atoms with Gasteiger partial charge < -0.3 is 10.0 Å². The molecule has 2 heterocycles. The SMILES string of the molecule is CC1CN(C(=O)c2sccc2/C=C/C(=O)O)CCS1. The maximum atomic E-state index is 12.4. The number of thiophene rings is 1. The lowest BCUT2D eigenvalue weighted by molar-refractivity contribution is -0.131. The van der Waals surface area contributed by atoms with Gasteiger partial charge in [-0.25, -0.2) is 4.79 Å². The van der Waals surface area contributed by atoms with E-state index in [-0.39, 0.29) is 5.91 Å². The van der Waals surface area contributed by atoms with Crippen LogP contribution in [0.15, 0.2) is 17.5 Å². The van der Waals surface area contributed by atoms with Crippen molar-refractivity contribution >= 4 is 41.1 Å². The molecular formula is C13H15NO3S2. The van der Waals surface area contributed by atoms with Crippen LogP contribution in [0.5, 0.6) is 0 Å². The lowest BCUT2D eigenvalue weighted by atomic mass is 10.2. The summed E-state index contributed by atoms with van der Waals surface area (Å²) in [7, 11) is 0. The molecule has 2 rings (SSSR count). The van der Waals surface area contributed by atoms with Gasteiger partial charge in [0.2, 0.25) is 0 Å². The molecule has 1 aromatic heterocycles. The van der Waals surface area contributed by atoms with Crippen LogP contribution < -0.4 is 0 Å². The molecule has 1 aliphatic rings. The smallest absolute Gasteiger partial charge is 0.328 e. The number of nitrogens with zero attached hydrogens (tertiary/aromatic N) is 1. The number of carbonyl (C=O) groups excluding carboxylic acids is 1. The molecule has 1 aromatic rings. The minimum Gasteiger partial charge on any atom is -0.478 e. The fraction of sp³-hybridized carbons (Fsp3) is 0.385. The van der Waals surface area contributed by atoms with E-state index in [1.807, 2.05) is 22.0 Å². The highest BCUT2D eigenvalue weighted by Crippen LogP contribution is 2.24. The second-order valence-corrected chi connectivity index (χ2v) is 6.77. The molecule has 1 saturated heterocycles. The third-order valence-corrected chi connectivity index (χ3v) is 4.88. The zero-order valence-electron chi connectivity index (χ0n) is 10.5. The fourth-order valence-corrected chi connectivity index (χ4v) is 3.80. The number of thioether (sulfide) groups is 1. The lowest BCUT2D eigenvalue weighted by Crippen LogP contribution is -2.40. The third-order valence-electron chi connectivity index (χ3n) is 2.82. The summed E-state index contributed by atoms with van der Waals surface area (Å²) in [5.74, 6) is -0.0433. The van der Waals surface area contributed by atoms with Gasteiger partial charge >= 0.3 is 5.97 Å². The fourth-order valence-electron chi connectivity index (χ4n) is 1.93. The molecule has 102 valence electrons. The summed E-state index contributed by atoms with van der Waals surface area (Å²) in [5, 5.41) is 10.9. The molecule has 1 aliphatic heterocycles. The zero-order valence-corrected chi connectivity index (χ0v) is 12.2. The van der Waals surface area contributed by atoms with Crippen molar-refractivity contribution in [3.8, 4) is 0 Å². The topological polar surface area (TPSA) is 57.6 Å². The Balaban J connectivity index is 2.15. The second-order valence-electron chi connectivity index (χ2n) is 4.31. The normalized spacial score (nSPS) is 19.8. The molecule has 1 unspecified atom stereocenters. The lowest BCUT2D eigenvalue weighted by Gasteiger charge is -2.30. The summed E-state index contributed by atoms with van der Waals surface area (Å²) < 4.78 is 0. The van der Waals surface area contributed by atoms with E-state index in [0.717, 1.165) is 24.9 Å². The Bertz CT molecular complexity index is 510. The maximum absolute atomic E-state index is 12.4. The van der Waals surface area contributed by atoms with Crippen LogP contribution in [0.25, 0.3) is 6.08 Å². The standard InChI is InChI=1S/C13H15NO3S2/c1-9-8-14(5-7-18-9)13(17)12-10(4-6-19-12)2-3-11(15)16/h2-4,6,9H,5,7-8H2,1H3,(H,15,16)/b3-2+. The molecule has 0 bridgehead atoms. The van der Waals surface area contributed by atoms with Gasteiger partial charge in [-0.05, 0) is 23.1 Å². The number of hydrogen-bond donors (Lipinski definition) is 1. The van der Waals surface area contributed by atoms with Gasteiger partial charge in [0.05, 0.1) is 4.88 Å². The molecule has 19 heavy (non-hydrogen) atoms. The number of carboxylic acid groups (broad SMARTS) is 1. The van der Waals surface area contributed by atoms with Crippen LogP contribution >= 0.6 is 23.1 Å². The summed E-state index contributed by atoms with van der Waals surface area (Å²) in [6, 6.07) is 1.78. The van der Waals surface area contributed by atoms with Crippen LogP contribution in [0.4, 0.5) is 0 Å². The molecule has 0 aliphatic carbocycles. The Morgan fingerprint density at radius 3 is 3.00 bits per heavy atom. The molecule has 6 heteroatoms. The molecule has 0 spiro atoms. The van der Waals surface area contributed by atoms with Crippen molar-refractivity contribution in [1.29, 1.82) is 0 Å². The first kappa shape index (κ1) is 14.1. The number of hydrogen-bond acceptors (Lipinski definition) is 4. The van der Waals surface area contributed by atoms with Crippen molar-refractivity contribution in [2.45, 2.75) is 12.2 Å². The number of amides is 1. The van der Waals surface area contributed by atoms with Crippen molar-refractivity contribution in [1.82, 2.24) is 4.90 Å². The summed E-state index contributed by atoms with van der Waals surface area (Å²) in [5.41, 5.74) is 0.684. The number of rotatable bonds is 3. The van der Waals surface area contributed by atoms with Gasteiger partial charge in [-0.2, -0.15) is 11.8 Å². The highest BCUT2D eigenvalue weighted by Gasteiger charge is 2.24. The molecule has 1 amide bonds. The highest BCUT2D eigenvalue weighted by molar-refractivity contribution is 7.99. The Kier molecular flexibility index (Phi) is 4.66. The van der Waals surface area contributed by atoms with E-state index in [1.54, 1.807) is 6.07 Å². The Labute approximate surface area is 120 Å². The quantitative estimate of drug-likeness (QED) is 0.871. The number of carbonyl (C=O) groups is 2. The van der Waals surface area contributed by atoms with Gasteiger partial charge in [-0.1, -0.05) is 6.92 Å². The van der Waals surface area contributed by atoms with Crippen LogP contribution in [0, 0.1) is 0 Å². The molecule has 0 radical (unpaired) electrons. The summed E-state index contributed by atoms with van der Waals surface area (Å²) in [6.45, 7) is 3.63. The average molecular weight is 297 g/mol. The largest absolute Gasteiger partial charge is 0.478 e. The van der Waals surface area contributed by atoms with Crippen molar-refractivity contribution in [3.05, 3.63) is 28.0 Å². The van der Waals surface area contributed by atoms with Crippen molar-refractivity contribution in [2.24, 2.45) is 0 Å². The van der Waals surface area contributed by atoms with Crippen LogP contribution in [-0.4, -0.2) is 46.0 Å². The first-order valence-corrected chi connectivity index (χ1v) is 7.90. The average Bonchev–Trinajstić information content (AvgIpc) is 2.83. The number of aliphatic carboxylic acids is 1. The monoisotopic (exact) mass is 297 g/mol. The number of carboxylic acids is 1. The highest BCUT2D eigenvalue weighted by atomic mass is 32.2. The minimum absolute atomic E-state index is 0.00666. The Morgan fingerprint density at radius 1 is 1.53 bits per heavy atom. The zero-order chi connectivity index (χ0) is 13.8. The van der Waals surface area contributed by atoms with Crippen molar-refractivity contribution < 1.29 is 14.7 Å². The van der Waals surface area contributed by atoms with E-state index < -0.39 is 5.97 Å². The van der Waals surface area contributed by atoms with E-state index in [0.29, 0.717) is 15.7 Å². The molecule has 1 atom stereocenters. The predicted octanol–water partition coefficient (Wildman–Crippen LogP) is 2.42. The summed E-state index contributed by atoms with van der Waals surface area (Å²) >= 11 is 3.23. The predicted molar refractivity (Wildman–Crippen MR) is 78.8 cm³/mol. The summed E-state index contributed by atoms with van der Waals surface area (Å²) in [6.07, 6.45) is 2.54. The van der Waals surface area contributed by atoms with E-state index in [1.165, 1.54) is 17.4 Å². The van der Waals surface area contributed by atoms with Gasteiger partial charge in [0.1, 0.15) is 0 Å². The van der Waals surface area contributed by atoms with Gasteiger partial charge in [-0.3, -0.25) is 4.79 Å². The van der Waals surface area contributed by atoms with Gasteiger partial charge in [0.15, 0.2) is 0 Å². The Morgan fingerprint density at radius 2 is 2.32 bits per heavy atom. The first-order valence-electron chi connectivity index (χ1n) is 5.97. The second kappa shape index (κ2) is 6.25. The van der Waals surface area contributed by atoms with Crippen molar-refractivity contribution in [3.63, 3.8) is 0 Å². The van der Waals surface area contributed by atoms with Crippen LogP contribution in [0.3, 0.4) is 0 Å². The molecule has 4 nitrogen and oxygen atoms in total. The van der Waals surface area contributed by atoms with Crippen LogP contribution in [-0.2, 0) is 4.79 Å². The third kappa shape index (κ3) is 3.61. The van der Waals surface area contributed by atoms with Crippen LogP contribution in [0.1, 0.15) is 22.2 Å². The molecule has 1 N–H and O–H groups in total. The van der Waals surface area contributed by atoms with Gasteiger partial charge in [-0.15, -0.1) is 11.3 Å².